The third kappa shape index (κ3) is 0.815. The Hall–Kier alpha value is -0.560. The summed E-state index contributed by atoms with van der Waals surface area (Å²) in [6, 6.07) is 0. The molecule has 0 aromatic rings. The van der Waals surface area contributed by atoms with Crippen LogP contribution < -0.4 is 0 Å². The predicted octanol–water partition coefficient (Wildman–Crippen LogP) is 1.66. The van der Waals surface area contributed by atoms with Crippen molar-refractivity contribution in [3.05, 3.63) is 23.8 Å². The quantitative estimate of drug-likeness (QED) is 0.445. The zero-order chi connectivity index (χ0) is 6.27. The zero-order valence-corrected chi connectivity index (χ0v) is 5.50. The molecule has 0 saturated carbocycles. The van der Waals surface area contributed by atoms with Crippen LogP contribution >= 0.6 is 0 Å². The van der Waals surface area contributed by atoms with E-state index in [1.54, 1.807) is 0 Å². The van der Waals surface area contributed by atoms with E-state index in [-0.39, 0.29) is 0 Å². The molecule has 0 aromatic heterocycles. The molecule has 2 atom stereocenters. The van der Waals surface area contributed by atoms with Gasteiger partial charge in [0.05, 0.1) is 6.10 Å². The summed E-state index contributed by atoms with van der Waals surface area (Å²) in [5.41, 5.74) is 1.37. The van der Waals surface area contributed by atoms with E-state index in [9.17, 15) is 0 Å². The SMILES string of the molecule is CC1=CC=CCC2OC12. The van der Waals surface area contributed by atoms with Crippen LogP contribution in [0.15, 0.2) is 23.8 Å². The molecule has 0 aromatic carbocycles. The highest BCUT2D eigenvalue weighted by atomic mass is 16.6. The van der Waals surface area contributed by atoms with E-state index in [0.29, 0.717) is 12.2 Å². The molecule has 0 bridgehead atoms. The molecule has 0 spiro atoms. The first-order valence-electron chi connectivity index (χ1n) is 3.37. The first-order chi connectivity index (χ1) is 4.38. The van der Waals surface area contributed by atoms with Gasteiger partial charge in [-0.2, -0.15) is 0 Å². The first kappa shape index (κ1) is 5.24. The Bertz CT molecular complexity index is 179. The standard InChI is InChI=1S/C8H10O/c1-6-4-2-3-5-7-8(6)9-7/h2-4,7-8H,5H2,1H3. The lowest BCUT2D eigenvalue weighted by Crippen LogP contribution is -1.91. The minimum absolute atomic E-state index is 0.458. The van der Waals surface area contributed by atoms with Gasteiger partial charge in [-0.05, 0) is 18.9 Å². The van der Waals surface area contributed by atoms with E-state index in [4.69, 9.17) is 4.74 Å². The van der Waals surface area contributed by atoms with Gasteiger partial charge >= 0.3 is 0 Å². The fourth-order valence-electron chi connectivity index (χ4n) is 1.25. The van der Waals surface area contributed by atoms with Crippen LogP contribution in [-0.4, -0.2) is 12.2 Å². The highest BCUT2D eigenvalue weighted by Gasteiger charge is 2.39. The number of fused-ring (bicyclic) bond motifs is 1. The van der Waals surface area contributed by atoms with E-state index in [1.807, 2.05) is 0 Å². The lowest BCUT2D eigenvalue weighted by atomic mass is 10.1. The lowest BCUT2D eigenvalue weighted by molar-refractivity contribution is 0.384. The molecule has 0 amide bonds. The minimum Gasteiger partial charge on any atom is -0.365 e. The summed E-state index contributed by atoms with van der Waals surface area (Å²) in [5.74, 6) is 0. The van der Waals surface area contributed by atoms with Gasteiger partial charge < -0.3 is 4.74 Å². The van der Waals surface area contributed by atoms with E-state index >= 15 is 0 Å². The molecule has 2 unspecified atom stereocenters. The van der Waals surface area contributed by atoms with Gasteiger partial charge in [-0.15, -0.1) is 0 Å². The molecular weight excluding hydrogens is 112 g/mol. The largest absolute Gasteiger partial charge is 0.365 e. The fraction of sp³-hybridized carbons (Fsp3) is 0.500. The summed E-state index contributed by atoms with van der Waals surface area (Å²) in [5, 5.41) is 0. The van der Waals surface area contributed by atoms with Crippen molar-refractivity contribution in [2.75, 3.05) is 0 Å². The summed E-state index contributed by atoms with van der Waals surface area (Å²) in [6.07, 6.45) is 8.49. The normalized spacial score (nSPS) is 39.0. The molecule has 1 heterocycles. The van der Waals surface area contributed by atoms with Gasteiger partial charge in [0.1, 0.15) is 6.10 Å². The van der Waals surface area contributed by atoms with Crippen LogP contribution in [0.1, 0.15) is 13.3 Å². The average Bonchev–Trinajstić information content (AvgIpc) is 2.55. The van der Waals surface area contributed by atoms with Crippen LogP contribution in [0.25, 0.3) is 0 Å². The molecule has 2 rings (SSSR count). The molecule has 1 heteroatoms. The average molecular weight is 122 g/mol. The molecular formula is C8H10O. The highest BCUT2D eigenvalue weighted by Crippen LogP contribution is 2.33. The monoisotopic (exact) mass is 122 g/mol. The Kier molecular flexibility index (Phi) is 0.995. The van der Waals surface area contributed by atoms with Crippen molar-refractivity contribution in [1.82, 2.24) is 0 Å². The maximum Gasteiger partial charge on any atom is 0.106 e. The molecule has 1 fully saturated rings. The Labute approximate surface area is 55.0 Å². The summed E-state index contributed by atoms with van der Waals surface area (Å²) < 4.78 is 5.35. The van der Waals surface area contributed by atoms with E-state index in [1.165, 1.54) is 5.57 Å². The number of allylic oxidation sites excluding steroid dienone is 2. The van der Waals surface area contributed by atoms with Crippen molar-refractivity contribution < 1.29 is 4.74 Å². The van der Waals surface area contributed by atoms with Crippen molar-refractivity contribution in [1.29, 1.82) is 0 Å². The van der Waals surface area contributed by atoms with Gasteiger partial charge in [-0.25, -0.2) is 0 Å². The van der Waals surface area contributed by atoms with Crippen molar-refractivity contribution in [3.8, 4) is 0 Å². The van der Waals surface area contributed by atoms with Crippen LogP contribution in [0, 0.1) is 0 Å². The van der Waals surface area contributed by atoms with E-state index < -0.39 is 0 Å². The molecule has 0 radical (unpaired) electrons. The van der Waals surface area contributed by atoms with Gasteiger partial charge in [0, 0.05) is 0 Å². The summed E-state index contributed by atoms with van der Waals surface area (Å²) in [4.78, 5) is 0. The summed E-state index contributed by atoms with van der Waals surface area (Å²) in [7, 11) is 0. The number of hydrogen-bond donors (Lipinski definition) is 0. The zero-order valence-electron chi connectivity index (χ0n) is 5.50. The van der Waals surface area contributed by atoms with Gasteiger partial charge in [-0.1, -0.05) is 18.2 Å². The van der Waals surface area contributed by atoms with Crippen molar-refractivity contribution >= 4 is 0 Å². The third-order valence-corrected chi connectivity index (χ3v) is 1.89. The predicted molar refractivity (Wildman–Crippen MR) is 36.2 cm³/mol. The third-order valence-electron chi connectivity index (χ3n) is 1.89. The second kappa shape index (κ2) is 1.71. The van der Waals surface area contributed by atoms with Gasteiger partial charge in [0.15, 0.2) is 0 Å². The Morgan fingerprint density at radius 3 is 3.44 bits per heavy atom. The summed E-state index contributed by atoms with van der Waals surface area (Å²) >= 11 is 0. The van der Waals surface area contributed by atoms with Crippen molar-refractivity contribution in [3.63, 3.8) is 0 Å². The Morgan fingerprint density at radius 2 is 2.56 bits per heavy atom. The Balaban J connectivity index is 2.20. The van der Waals surface area contributed by atoms with Crippen LogP contribution in [0.2, 0.25) is 0 Å². The molecule has 48 valence electrons. The lowest BCUT2D eigenvalue weighted by Gasteiger charge is -1.86. The van der Waals surface area contributed by atoms with Crippen LogP contribution in [0.3, 0.4) is 0 Å². The number of epoxide rings is 1. The number of hydrogen-bond acceptors (Lipinski definition) is 1. The summed E-state index contributed by atoms with van der Waals surface area (Å²) in [6.45, 7) is 2.13. The van der Waals surface area contributed by atoms with Crippen LogP contribution in [0.4, 0.5) is 0 Å². The molecule has 1 nitrogen and oxygen atoms in total. The molecule has 9 heavy (non-hydrogen) atoms. The molecule has 1 aliphatic carbocycles. The van der Waals surface area contributed by atoms with E-state index in [0.717, 1.165) is 6.42 Å². The molecule has 1 saturated heterocycles. The van der Waals surface area contributed by atoms with Crippen molar-refractivity contribution in [2.24, 2.45) is 0 Å². The first-order valence-corrected chi connectivity index (χ1v) is 3.37. The minimum atomic E-state index is 0.458. The molecule has 0 N–H and O–H groups in total. The maximum absolute atomic E-state index is 5.35. The van der Waals surface area contributed by atoms with Crippen LogP contribution in [-0.2, 0) is 4.74 Å². The van der Waals surface area contributed by atoms with Gasteiger partial charge in [-0.3, -0.25) is 0 Å². The molecule has 1 aliphatic heterocycles. The topological polar surface area (TPSA) is 12.5 Å². The van der Waals surface area contributed by atoms with Gasteiger partial charge in [0.25, 0.3) is 0 Å². The van der Waals surface area contributed by atoms with Gasteiger partial charge in [0.2, 0.25) is 0 Å². The fourth-order valence-corrected chi connectivity index (χ4v) is 1.25. The second-order valence-corrected chi connectivity index (χ2v) is 2.67. The highest BCUT2D eigenvalue weighted by molar-refractivity contribution is 5.24. The number of ether oxygens (including phenoxy) is 1. The maximum atomic E-state index is 5.35. The Morgan fingerprint density at radius 1 is 1.67 bits per heavy atom. The second-order valence-electron chi connectivity index (χ2n) is 2.67. The number of rotatable bonds is 0. The molecule has 2 aliphatic rings. The smallest absolute Gasteiger partial charge is 0.106 e. The van der Waals surface area contributed by atoms with Crippen molar-refractivity contribution in [2.45, 2.75) is 25.6 Å². The van der Waals surface area contributed by atoms with E-state index in [2.05, 4.69) is 25.2 Å². The van der Waals surface area contributed by atoms with Crippen LogP contribution in [0.5, 0.6) is 0 Å².